The summed E-state index contributed by atoms with van der Waals surface area (Å²) in [7, 11) is 1.77. The molecule has 90 valence electrons. The topological polar surface area (TPSA) is 66.0 Å². The van der Waals surface area contributed by atoms with Gasteiger partial charge in [-0.05, 0) is 24.6 Å². The molecular formula is C12H16N4O. The average molecular weight is 232 g/mol. The van der Waals surface area contributed by atoms with Gasteiger partial charge in [-0.15, -0.1) is 0 Å². The molecule has 17 heavy (non-hydrogen) atoms. The molecule has 0 aliphatic carbocycles. The van der Waals surface area contributed by atoms with Crippen LogP contribution in [-0.4, -0.2) is 21.6 Å². The van der Waals surface area contributed by atoms with E-state index in [1.807, 2.05) is 31.2 Å². The number of aromatic nitrogens is 3. The standard InChI is InChI=1S/C12H16N4O/c1-3-17-10-6-4-5-9(7-10)12(13)11-8-14-16(2)15-11/h4-8,12H,3,13H2,1-2H3. The lowest BCUT2D eigenvalue weighted by atomic mass is 10.1. The molecule has 1 aromatic heterocycles. The van der Waals surface area contributed by atoms with Crippen LogP contribution >= 0.6 is 0 Å². The zero-order valence-electron chi connectivity index (χ0n) is 10.00. The van der Waals surface area contributed by atoms with E-state index in [2.05, 4.69) is 10.2 Å². The van der Waals surface area contributed by atoms with Gasteiger partial charge in [-0.25, -0.2) is 0 Å². The molecule has 5 nitrogen and oxygen atoms in total. The number of hydrogen-bond donors (Lipinski definition) is 1. The van der Waals surface area contributed by atoms with Crippen LogP contribution in [-0.2, 0) is 7.05 Å². The molecule has 0 aliphatic heterocycles. The van der Waals surface area contributed by atoms with Gasteiger partial charge in [0, 0.05) is 7.05 Å². The van der Waals surface area contributed by atoms with Gasteiger partial charge in [0.2, 0.25) is 0 Å². The third kappa shape index (κ3) is 2.62. The normalized spacial score (nSPS) is 12.4. The second-order valence-corrected chi connectivity index (χ2v) is 3.74. The van der Waals surface area contributed by atoms with Crippen LogP contribution in [0, 0.1) is 0 Å². The molecule has 2 aromatic rings. The number of benzene rings is 1. The van der Waals surface area contributed by atoms with Gasteiger partial charge < -0.3 is 10.5 Å². The van der Waals surface area contributed by atoms with Gasteiger partial charge in [-0.1, -0.05) is 12.1 Å². The number of nitrogens with two attached hydrogens (primary N) is 1. The Morgan fingerprint density at radius 3 is 2.94 bits per heavy atom. The van der Waals surface area contributed by atoms with Gasteiger partial charge in [0.25, 0.3) is 0 Å². The second-order valence-electron chi connectivity index (χ2n) is 3.74. The Bertz CT molecular complexity index is 495. The first-order chi connectivity index (χ1) is 8.20. The molecule has 1 atom stereocenters. The third-order valence-corrected chi connectivity index (χ3v) is 2.46. The highest BCUT2D eigenvalue weighted by Crippen LogP contribution is 2.21. The molecule has 0 bridgehead atoms. The number of nitrogens with zero attached hydrogens (tertiary/aromatic N) is 3. The molecule has 0 saturated carbocycles. The number of ether oxygens (including phenoxy) is 1. The Morgan fingerprint density at radius 1 is 1.47 bits per heavy atom. The lowest BCUT2D eigenvalue weighted by molar-refractivity contribution is 0.340. The van der Waals surface area contributed by atoms with Crippen LogP contribution in [0.5, 0.6) is 5.75 Å². The highest BCUT2D eigenvalue weighted by Gasteiger charge is 2.12. The zero-order valence-corrected chi connectivity index (χ0v) is 10.00. The van der Waals surface area contributed by atoms with Gasteiger partial charge in [0.05, 0.1) is 18.8 Å². The van der Waals surface area contributed by atoms with E-state index in [-0.39, 0.29) is 6.04 Å². The minimum Gasteiger partial charge on any atom is -0.494 e. The monoisotopic (exact) mass is 232 g/mol. The summed E-state index contributed by atoms with van der Waals surface area (Å²) >= 11 is 0. The van der Waals surface area contributed by atoms with Crippen molar-refractivity contribution in [2.24, 2.45) is 12.8 Å². The van der Waals surface area contributed by atoms with Gasteiger partial charge in [0.1, 0.15) is 11.4 Å². The molecule has 1 aromatic carbocycles. The van der Waals surface area contributed by atoms with Gasteiger partial charge in [0.15, 0.2) is 0 Å². The third-order valence-electron chi connectivity index (χ3n) is 2.46. The fourth-order valence-electron chi connectivity index (χ4n) is 1.64. The van der Waals surface area contributed by atoms with Crippen LogP contribution in [0.25, 0.3) is 0 Å². The molecule has 0 saturated heterocycles. The lowest BCUT2D eigenvalue weighted by Crippen LogP contribution is -2.13. The predicted octanol–water partition coefficient (Wildman–Crippen LogP) is 1.26. The SMILES string of the molecule is CCOc1cccc(C(N)c2cnn(C)n2)c1. The van der Waals surface area contributed by atoms with E-state index in [1.54, 1.807) is 13.2 Å². The van der Waals surface area contributed by atoms with Crippen molar-refractivity contribution in [3.05, 3.63) is 41.7 Å². The van der Waals surface area contributed by atoms with E-state index in [0.29, 0.717) is 6.61 Å². The molecule has 2 N–H and O–H groups in total. The Morgan fingerprint density at radius 2 is 2.29 bits per heavy atom. The van der Waals surface area contributed by atoms with E-state index in [0.717, 1.165) is 17.0 Å². The first-order valence-corrected chi connectivity index (χ1v) is 5.55. The van der Waals surface area contributed by atoms with E-state index >= 15 is 0 Å². The molecule has 2 rings (SSSR count). The van der Waals surface area contributed by atoms with Crippen LogP contribution in [0.2, 0.25) is 0 Å². The fourth-order valence-corrected chi connectivity index (χ4v) is 1.64. The van der Waals surface area contributed by atoms with Crippen LogP contribution in [0.1, 0.15) is 24.2 Å². The summed E-state index contributed by atoms with van der Waals surface area (Å²) in [6.07, 6.45) is 1.68. The smallest absolute Gasteiger partial charge is 0.119 e. The average Bonchev–Trinajstić information content (AvgIpc) is 2.76. The van der Waals surface area contributed by atoms with Crippen molar-refractivity contribution in [2.75, 3.05) is 6.61 Å². The van der Waals surface area contributed by atoms with Gasteiger partial charge in [-0.2, -0.15) is 15.0 Å². The minimum absolute atomic E-state index is 0.274. The van der Waals surface area contributed by atoms with Crippen molar-refractivity contribution < 1.29 is 4.74 Å². The number of rotatable bonds is 4. The highest BCUT2D eigenvalue weighted by atomic mass is 16.5. The molecular weight excluding hydrogens is 216 g/mol. The van der Waals surface area contributed by atoms with Crippen molar-refractivity contribution in [3.8, 4) is 5.75 Å². The maximum atomic E-state index is 6.12. The Kier molecular flexibility index (Phi) is 3.39. The molecule has 1 heterocycles. The molecule has 0 fully saturated rings. The number of aryl methyl sites for hydroxylation is 1. The first kappa shape index (κ1) is 11.6. The number of hydrogen-bond acceptors (Lipinski definition) is 4. The fraction of sp³-hybridized carbons (Fsp3) is 0.333. The minimum atomic E-state index is -0.274. The summed E-state index contributed by atoms with van der Waals surface area (Å²) in [5.41, 5.74) is 7.84. The molecule has 0 aliphatic rings. The summed E-state index contributed by atoms with van der Waals surface area (Å²) in [4.78, 5) is 1.50. The highest BCUT2D eigenvalue weighted by molar-refractivity contribution is 5.33. The molecule has 5 heteroatoms. The van der Waals surface area contributed by atoms with Crippen molar-refractivity contribution in [1.29, 1.82) is 0 Å². The van der Waals surface area contributed by atoms with Gasteiger partial charge >= 0.3 is 0 Å². The molecule has 1 unspecified atom stereocenters. The molecule has 0 amide bonds. The van der Waals surface area contributed by atoms with Crippen LogP contribution in [0.15, 0.2) is 30.5 Å². The quantitative estimate of drug-likeness (QED) is 0.861. The summed E-state index contributed by atoms with van der Waals surface area (Å²) in [6.45, 7) is 2.60. The van der Waals surface area contributed by atoms with E-state index in [9.17, 15) is 0 Å². The van der Waals surface area contributed by atoms with E-state index in [1.165, 1.54) is 4.80 Å². The molecule has 0 spiro atoms. The Hall–Kier alpha value is -1.88. The lowest BCUT2D eigenvalue weighted by Gasteiger charge is -2.10. The molecule has 0 radical (unpaired) electrons. The zero-order chi connectivity index (χ0) is 12.3. The van der Waals surface area contributed by atoms with Crippen molar-refractivity contribution in [1.82, 2.24) is 15.0 Å². The summed E-state index contributed by atoms with van der Waals surface area (Å²) in [5.74, 6) is 0.823. The van der Waals surface area contributed by atoms with E-state index < -0.39 is 0 Å². The summed E-state index contributed by atoms with van der Waals surface area (Å²) in [5, 5.41) is 8.22. The second kappa shape index (κ2) is 4.97. The summed E-state index contributed by atoms with van der Waals surface area (Å²) in [6, 6.07) is 7.46. The van der Waals surface area contributed by atoms with Crippen molar-refractivity contribution in [2.45, 2.75) is 13.0 Å². The van der Waals surface area contributed by atoms with E-state index in [4.69, 9.17) is 10.5 Å². The predicted molar refractivity (Wildman–Crippen MR) is 64.6 cm³/mol. The first-order valence-electron chi connectivity index (χ1n) is 5.55. The Labute approximate surface area is 100 Å². The maximum absolute atomic E-state index is 6.12. The maximum Gasteiger partial charge on any atom is 0.119 e. The van der Waals surface area contributed by atoms with Crippen LogP contribution in [0.4, 0.5) is 0 Å². The van der Waals surface area contributed by atoms with Crippen LogP contribution in [0.3, 0.4) is 0 Å². The van der Waals surface area contributed by atoms with Crippen LogP contribution < -0.4 is 10.5 Å². The summed E-state index contributed by atoms with van der Waals surface area (Å²) < 4.78 is 5.44. The van der Waals surface area contributed by atoms with Crippen molar-refractivity contribution >= 4 is 0 Å². The van der Waals surface area contributed by atoms with Gasteiger partial charge in [-0.3, -0.25) is 0 Å². The van der Waals surface area contributed by atoms with Crippen molar-refractivity contribution in [3.63, 3.8) is 0 Å². The largest absolute Gasteiger partial charge is 0.494 e. The Balaban J connectivity index is 2.24.